The molecule has 156 valence electrons. The van der Waals surface area contributed by atoms with Gasteiger partial charge in [-0.2, -0.15) is 0 Å². The van der Waals surface area contributed by atoms with E-state index in [4.69, 9.17) is 4.74 Å². The Bertz CT molecular complexity index is 730. The molecule has 29 heavy (non-hydrogen) atoms. The minimum Gasteiger partial charge on any atom is -0.497 e. The van der Waals surface area contributed by atoms with Crippen molar-refractivity contribution >= 4 is 6.08 Å². The number of methoxy groups -OCH3 is 1. The number of aliphatic hydroxyl groups is 1. The Hall–Kier alpha value is -2.14. The first-order valence-electron chi connectivity index (χ1n) is 10.7. The van der Waals surface area contributed by atoms with Crippen LogP contribution in [0.2, 0.25) is 0 Å². The first-order valence-corrected chi connectivity index (χ1v) is 10.7. The van der Waals surface area contributed by atoms with Gasteiger partial charge in [-0.25, -0.2) is 0 Å². The molecule has 0 saturated carbocycles. The molecule has 0 bridgehead atoms. The van der Waals surface area contributed by atoms with E-state index in [0.29, 0.717) is 6.04 Å². The zero-order valence-corrected chi connectivity index (χ0v) is 17.5. The molecule has 3 rings (SSSR count). The van der Waals surface area contributed by atoms with Crippen molar-refractivity contribution in [2.45, 2.75) is 25.3 Å². The summed E-state index contributed by atoms with van der Waals surface area (Å²) in [6, 6.07) is 19.3. The van der Waals surface area contributed by atoms with Gasteiger partial charge in [-0.05, 0) is 49.1 Å². The van der Waals surface area contributed by atoms with E-state index in [-0.39, 0.29) is 6.61 Å². The number of ether oxygens (including phenoxy) is 1. The number of rotatable bonds is 10. The lowest BCUT2D eigenvalue weighted by Crippen LogP contribution is -2.53. The lowest BCUT2D eigenvalue weighted by molar-refractivity contribution is 0.0646. The van der Waals surface area contributed by atoms with Gasteiger partial charge in [0.2, 0.25) is 0 Å². The maximum Gasteiger partial charge on any atom is 0.118 e. The van der Waals surface area contributed by atoms with Gasteiger partial charge < -0.3 is 9.84 Å². The molecular weight excluding hydrogens is 360 g/mol. The Labute approximate surface area is 175 Å². The summed E-state index contributed by atoms with van der Waals surface area (Å²) in [5.74, 6) is 0.886. The summed E-state index contributed by atoms with van der Waals surface area (Å²) in [5, 5.41) is 9.52. The molecule has 1 atom stereocenters. The predicted molar refractivity (Wildman–Crippen MR) is 120 cm³/mol. The van der Waals surface area contributed by atoms with Gasteiger partial charge in [0.25, 0.3) is 0 Å². The van der Waals surface area contributed by atoms with Gasteiger partial charge in [0.05, 0.1) is 7.11 Å². The maximum atomic E-state index is 9.52. The number of benzene rings is 2. The number of piperazine rings is 1. The average Bonchev–Trinajstić information content (AvgIpc) is 2.76. The fraction of sp³-hybridized carbons (Fsp3) is 0.440. The van der Waals surface area contributed by atoms with E-state index in [2.05, 4.69) is 64.4 Å². The van der Waals surface area contributed by atoms with Crippen LogP contribution in [-0.2, 0) is 6.42 Å². The smallest absolute Gasteiger partial charge is 0.118 e. The molecule has 4 heteroatoms. The molecule has 1 N–H and O–H groups in total. The van der Waals surface area contributed by atoms with E-state index in [1.54, 1.807) is 7.11 Å². The Kier molecular flexibility index (Phi) is 8.75. The van der Waals surface area contributed by atoms with Crippen LogP contribution in [0.15, 0.2) is 60.7 Å². The zero-order valence-electron chi connectivity index (χ0n) is 17.5. The summed E-state index contributed by atoms with van der Waals surface area (Å²) in [4.78, 5) is 5.07. The predicted octanol–water partition coefficient (Wildman–Crippen LogP) is 3.71. The number of aliphatic hydroxyl groups excluding tert-OH is 1. The molecule has 2 aromatic rings. The van der Waals surface area contributed by atoms with Crippen LogP contribution in [0, 0.1) is 0 Å². The van der Waals surface area contributed by atoms with E-state index < -0.39 is 0 Å². The van der Waals surface area contributed by atoms with Gasteiger partial charge in [0.15, 0.2) is 0 Å². The van der Waals surface area contributed by atoms with Gasteiger partial charge in [0.1, 0.15) is 5.75 Å². The van der Waals surface area contributed by atoms with Gasteiger partial charge in [0, 0.05) is 38.8 Å². The molecule has 1 saturated heterocycles. The van der Waals surface area contributed by atoms with Crippen molar-refractivity contribution in [3.8, 4) is 5.75 Å². The second kappa shape index (κ2) is 11.8. The molecule has 0 unspecified atom stereocenters. The fourth-order valence-electron chi connectivity index (χ4n) is 4.02. The third-order valence-corrected chi connectivity index (χ3v) is 5.69. The fourth-order valence-corrected chi connectivity index (χ4v) is 4.02. The van der Waals surface area contributed by atoms with Gasteiger partial charge in [-0.3, -0.25) is 9.80 Å². The number of hydrogen-bond acceptors (Lipinski definition) is 4. The highest BCUT2D eigenvalue weighted by Crippen LogP contribution is 2.16. The van der Waals surface area contributed by atoms with Gasteiger partial charge in [-0.15, -0.1) is 0 Å². The summed E-state index contributed by atoms with van der Waals surface area (Å²) < 4.78 is 5.21. The Morgan fingerprint density at radius 3 is 2.59 bits per heavy atom. The summed E-state index contributed by atoms with van der Waals surface area (Å²) in [5.41, 5.74) is 2.60. The minimum atomic E-state index is 0.259. The monoisotopic (exact) mass is 394 g/mol. The van der Waals surface area contributed by atoms with Gasteiger partial charge in [-0.1, -0.05) is 54.6 Å². The van der Waals surface area contributed by atoms with Crippen molar-refractivity contribution in [1.29, 1.82) is 0 Å². The minimum absolute atomic E-state index is 0.259. The van der Waals surface area contributed by atoms with E-state index in [1.807, 2.05) is 12.1 Å². The van der Waals surface area contributed by atoms with Crippen molar-refractivity contribution < 1.29 is 9.84 Å². The molecule has 1 fully saturated rings. The summed E-state index contributed by atoms with van der Waals surface area (Å²) >= 11 is 0. The highest BCUT2D eigenvalue weighted by molar-refractivity contribution is 5.50. The molecule has 1 aliphatic heterocycles. The van der Waals surface area contributed by atoms with Crippen molar-refractivity contribution in [2.24, 2.45) is 0 Å². The van der Waals surface area contributed by atoms with Crippen LogP contribution in [0.1, 0.15) is 24.0 Å². The van der Waals surface area contributed by atoms with Crippen molar-refractivity contribution in [1.82, 2.24) is 9.80 Å². The van der Waals surface area contributed by atoms with E-state index >= 15 is 0 Å². The third-order valence-electron chi connectivity index (χ3n) is 5.69. The molecular formula is C25H34N2O2. The number of hydrogen-bond donors (Lipinski definition) is 1. The molecule has 1 aliphatic rings. The SMILES string of the molecule is COc1ccc(/C=C/CN2CCN(CCCc3ccccc3)[C@@H](CCO)C2)cc1. The second-order valence-electron chi connectivity index (χ2n) is 7.73. The van der Waals surface area contributed by atoms with Crippen LogP contribution >= 0.6 is 0 Å². The Morgan fingerprint density at radius 1 is 1.07 bits per heavy atom. The molecule has 0 aromatic heterocycles. The van der Waals surface area contributed by atoms with Crippen LogP contribution in [0.5, 0.6) is 5.75 Å². The Morgan fingerprint density at radius 2 is 1.86 bits per heavy atom. The molecule has 0 spiro atoms. The topological polar surface area (TPSA) is 35.9 Å². The summed E-state index contributed by atoms with van der Waals surface area (Å²) in [7, 11) is 1.69. The van der Waals surface area contributed by atoms with Crippen LogP contribution in [0.4, 0.5) is 0 Å². The lowest BCUT2D eigenvalue weighted by atomic mass is 10.1. The quantitative estimate of drug-likeness (QED) is 0.666. The second-order valence-corrected chi connectivity index (χ2v) is 7.73. The standard InChI is InChI=1S/C25H34N2O2/c1-29-25-13-11-23(12-14-25)9-5-16-26-18-19-27(24(21-26)15-20-28)17-6-10-22-7-3-2-4-8-22/h2-5,7-9,11-14,24,28H,6,10,15-21H2,1H3/b9-5+/t24-/m0/s1. The lowest BCUT2D eigenvalue weighted by Gasteiger charge is -2.41. The summed E-state index contributed by atoms with van der Waals surface area (Å²) in [6.45, 7) is 5.51. The molecule has 0 amide bonds. The van der Waals surface area contributed by atoms with Crippen molar-refractivity contribution in [2.75, 3.05) is 46.4 Å². The normalized spacial score (nSPS) is 18.3. The highest BCUT2D eigenvalue weighted by atomic mass is 16.5. The van der Waals surface area contributed by atoms with E-state index in [1.165, 1.54) is 17.5 Å². The molecule has 4 nitrogen and oxygen atoms in total. The van der Waals surface area contributed by atoms with Gasteiger partial charge >= 0.3 is 0 Å². The molecule has 0 aliphatic carbocycles. The van der Waals surface area contributed by atoms with E-state index in [0.717, 1.165) is 51.3 Å². The Balaban J connectivity index is 1.45. The van der Waals surface area contributed by atoms with Crippen LogP contribution in [0.3, 0.4) is 0 Å². The average molecular weight is 395 g/mol. The van der Waals surface area contributed by atoms with E-state index in [9.17, 15) is 5.11 Å². The van der Waals surface area contributed by atoms with Crippen LogP contribution in [-0.4, -0.2) is 67.4 Å². The van der Waals surface area contributed by atoms with Crippen LogP contribution < -0.4 is 4.74 Å². The third kappa shape index (κ3) is 7.00. The molecule has 0 radical (unpaired) electrons. The molecule has 1 heterocycles. The first-order chi connectivity index (χ1) is 14.3. The van der Waals surface area contributed by atoms with Crippen molar-refractivity contribution in [3.05, 3.63) is 71.8 Å². The first kappa shape index (κ1) is 21.6. The van der Waals surface area contributed by atoms with Crippen LogP contribution in [0.25, 0.3) is 6.08 Å². The summed E-state index contributed by atoms with van der Waals surface area (Å²) in [6.07, 6.45) is 7.56. The highest BCUT2D eigenvalue weighted by Gasteiger charge is 2.25. The van der Waals surface area contributed by atoms with Crippen molar-refractivity contribution in [3.63, 3.8) is 0 Å². The maximum absolute atomic E-state index is 9.52. The molecule has 2 aromatic carbocycles. The largest absolute Gasteiger partial charge is 0.497 e. The number of aryl methyl sites for hydroxylation is 1. The number of nitrogens with zero attached hydrogens (tertiary/aromatic N) is 2. The zero-order chi connectivity index (χ0) is 20.3.